The van der Waals surface area contributed by atoms with E-state index in [4.69, 9.17) is 4.74 Å². The minimum absolute atomic E-state index is 0.00246. The third kappa shape index (κ3) is 5.72. The van der Waals surface area contributed by atoms with E-state index >= 15 is 0 Å². The van der Waals surface area contributed by atoms with Crippen molar-refractivity contribution in [1.82, 2.24) is 9.88 Å². The maximum Gasteiger partial charge on any atom is 0.272 e. The van der Waals surface area contributed by atoms with Crippen LogP contribution in [0.15, 0.2) is 84.9 Å². The lowest BCUT2D eigenvalue weighted by molar-refractivity contribution is -0.116. The quantitative estimate of drug-likeness (QED) is 0.400. The van der Waals surface area contributed by atoms with Gasteiger partial charge in [0, 0.05) is 55.4 Å². The third-order valence-corrected chi connectivity index (χ3v) is 6.68. The fourth-order valence-corrected chi connectivity index (χ4v) is 4.63. The van der Waals surface area contributed by atoms with Crippen LogP contribution in [0.3, 0.4) is 0 Å². The minimum Gasteiger partial charge on any atom is -0.496 e. The molecule has 2 amide bonds. The van der Waals surface area contributed by atoms with Gasteiger partial charge in [-0.05, 0) is 48.4 Å². The first-order chi connectivity index (χ1) is 18.1. The van der Waals surface area contributed by atoms with Crippen molar-refractivity contribution in [2.75, 3.05) is 43.5 Å². The van der Waals surface area contributed by atoms with Crippen LogP contribution in [0.25, 0.3) is 10.9 Å². The topological polar surface area (TPSA) is 74.8 Å². The van der Waals surface area contributed by atoms with Gasteiger partial charge in [-0.3, -0.25) is 9.59 Å². The molecule has 3 aromatic carbocycles. The second kappa shape index (κ2) is 11.1. The molecule has 1 aliphatic rings. The molecular formula is C30H30N4O3. The number of ether oxygens (including phenoxy) is 1. The Kier molecular flexibility index (Phi) is 7.31. The Morgan fingerprint density at radius 2 is 1.59 bits per heavy atom. The Morgan fingerprint density at radius 3 is 2.32 bits per heavy atom. The smallest absolute Gasteiger partial charge is 0.272 e. The SMILES string of the molecule is COc1cc(C(=O)N2CCN(c3ccc(NC(=O)CCc4ccccc4)cc3)CC2)nc2ccccc12. The number of para-hydroxylation sites is 1. The van der Waals surface area contributed by atoms with Gasteiger partial charge >= 0.3 is 0 Å². The molecule has 0 aliphatic carbocycles. The molecule has 0 saturated carbocycles. The van der Waals surface area contributed by atoms with Crippen molar-refractivity contribution in [2.45, 2.75) is 12.8 Å². The van der Waals surface area contributed by atoms with Crippen molar-refractivity contribution in [3.8, 4) is 5.75 Å². The summed E-state index contributed by atoms with van der Waals surface area (Å²) >= 11 is 0. The number of hydrogen-bond acceptors (Lipinski definition) is 5. The lowest BCUT2D eigenvalue weighted by atomic mass is 10.1. The first-order valence-corrected chi connectivity index (χ1v) is 12.5. The summed E-state index contributed by atoms with van der Waals surface area (Å²) in [5, 5.41) is 3.87. The van der Waals surface area contributed by atoms with Crippen LogP contribution < -0.4 is 15.0 Å². The molecule has 1 N–H and O–H groups in total. The van der Waals surface area contributed by atoms with E-state index in [0.29, 0.717) is 31.0 Å². The number of aromatic nitrogens is 1. The van der Waals surface area contributed by atoms with E-state index in [1.807, 2.05) is 83.8 Å². The standard InChI is InChI=1S/C30H30N4O3/c1-37-28-21-27(32-26-10-6-5-9-25(26)28)30(36)34-19-17-33(18-20-34)24-14-12-23(13-15-24)31-29(35)16-11-22-7-3-2-4-8-22/h2-10,12-15,21H,11,16-20H2,1H3,(H,31,35). The molecule has 37 heavy (non-hydrogen) atoms. The van der Waals surface area contributed by atoms with Crippen molar-refractivity contribution >= 4 is 34.1 Å². The average molecular weight is 495 g/mol. The highest BCUT2D eigenvalue weighted by molar-refractivity contribution is 5.97. The molecule has 7 heteroatoms. The predicted molar refractivity (Wildman–Crippen MR) is 146 cm³/mol. The molecule has 0 atom stereocenters. The number of nitrogens with one attached hydrogen (secondary N) is 1. The minimum atomic E-state index is -0.0859. The number of amides is 2. The van der Waals surface area contributed by atoms with Crippen LogP contribution >= 0.6 is 0 Å². The molecule has 1 saturated heterocycles. The number of anilines is 2. The molecule has 2 heterocycles. The molecule has 188 valence electrons. The summed E-state index contributed by atoms with van der Waals surface area (Å²) in [4.78, 5) is 34.2. The largest absolute Gasteiger partial charge is 0.496 e. The van der Waals surface area contributed by atoms with Gasteiger partial charge in [0.15, 0.2) is 0 Å². The highest BCUT2D eigenvalue weighted by Crippen LogP contribution is 2.26. The lowest BCUT2D eigenvalue weighted by Crippen LogP contribution is -2.49. The van der Waals surface area contributed by atoms with Gasteiger partial charge in [0.1, 0.15) is 11.4 Å². The third-order valence-electron chi connectivity index (χ3n) is 6.68. The molecule has 0 radical (unpaired) electrons. The number of pyridine rings is 1. The summed E-state index contributed by atoms with van der Waals surface area (Å²) in [6, 6.07) is 27.3. The van der Waals surface area contributed by atoms with Crippen LogP contribution in [0.2, 0.25) is 0 Å². The van der Waals surface area contributed by atoms with Crippen LogP contribution in [0, 0.1) is 0 Å². The van der Waals surface area contributed by atoms with Gasteiger partial charge in [-0.25, -0.2) is 4.98 Å². The Morgan fingerprint density at radius 1 is 0.892 bits per heavy atom. The molecular weight excluding hydrogens is 464 g/mol. The number of carbonyl (C=O) groups is 2. The monoisotopic (exact) mass is 494 g/mol. The van der Waals surface area contributed by atoms with E-state index in [9.17, 15) is 9.59 Å². The van der Waals surface area contributed by atoms with Crippen LogP contribution in [-0.4, -0.2) is 55.0 Å². The number of benzene rings is 3. The zero-order chi connectivity index (χ0) is 25.6. The highest BCUT2D eigenvalue weighted by atomic mass is 16.5. The van der Waals surface area contributed by atoms with Gasteiger partial charge in [-0.15, -0.1) is 0 Å². The van der Waals surface area contributed by atoms with Crippen LogP contribution in [-0.2, 0) is 11.2 Å². The van der Waals surface area contributed by atoms with Gasteiger partial charge in [0.25, 0.3) is 5.91 Å². The van der Waals surface area contributed by atoms with E-state index in [0.717, 1.165) is 47.4 Å². The zero-order valence-electron chi connectivity index (χ0n) is 20.9. The number of hydrogen-bond donors (Lipinski definition) is 1. The first-order valence-electron chi connectivity index (χ1n) is 12.5. The zero-order valence-corrected chi connectivity index (χ0v) is 20.9. The lowest BCUT2D eigenvalue weighted by Gasteiger charge is -2.36. The second-order valence-electron chi connectivity index (χ2n) is 9.09. The predicted octanol–water partition coefficient (Wildman–Crippen LogP) is 4.78. The molecule has 5 rings (SSSR count). The van der Waals surface area contributed by atoms with Crippen molar-refractivity contribution in [3.05, 3.63) is 96.2 Å². The van der Waals surface area contributed by atoms with E-state index in [-0.39, 0.29) is 11.8 Å². The van der Waals surface area contributed by atoms with Crippen molar-refractivity contribution in [3.63, 3.8) is 0 Å². The number of carbonyl (C=O) groups excluding carboxylic acids is 2. The van der Waals surface area contributed by atoms with Gasteiger partial charge in [0.05, 0.1) is 12.6 Å². The summed E-state index contributed by atoms with van der Waals surface area (Å²) in [6.07, 6.45) is 1.16. The van der Waals surface area contributed by atoms with Crippen molar-refractivity contribution in [1.29, 1.82) is 0 Å². The van der Waals surface area contributed by atoms with Crippen LogP contribution in [0.5, 0.6) is 5.75 Å². The Balaban J connectivity index is 1.15. The second-order valence-corrected chi connectivity index (χ2v) is 9.09. The fourth-order valence-electron chi connectivity index (χ4n) is 4.63. The normalized spacial score (nSPS) is 13.4. The van der Waals surface area contributed by atoms with E-state index in [2.05, 4.69) is 15.2 Å². The molecule has 1 fully saturated rings. The molecule has 1 aromatic heterocycles. The summed E-state index contributed by atoms with van der Waals surface area (Å²) in [5.74, 6) is 0.569. The molecule has 0 spiro atoms. The molecule has 7 nitrogen and oxygen atoms in total. The molecule has 0 bridgehead atoms. The summed E-state index contributed by atoms with van der Waals surface area (Å²) < 4.78 is 5.50. The fraction of sp³-hybridized carbons (Fsp3) is 0.233. The number of fused-ring (bicyclic) bond motifs is 1. The van der Waals surface area contributed by atoms with E-state index in [1.54, 1.807) is 13.2 Å². The number of methoxy groups -OCH3 is 1. The first kappa shape index (κ1) is 24.3. The van der Waals surface area contributed by atoms with Gasteiger partial charge in [-0.2, -0.15) is 0 Å². The molecule has 0 unspecified atom stereocenters. The number of piperazine rings is 1. The van der Waals surface area contributed by atoms with Crippen LogP contribution in [0.4, 0.5) is 11.4 Å². The van der Waals surface area contributed by atoms with Crippen molar-refractivity contribution < 1.29 is 14.3 Å². The summed E-state index contributed by atoms with van der Waals surface area (Å²) in [5.41, 5.74) is 4.15. The number of aryl methyl sites for hydroxylation is 1. The molecule has 1 aliphatic heterocycles. The van der Waals surface area contributed by atoms with Crippen LogP contribution in [0.1, 0.15) is 22.5 Å². The Hall–Kier alpha value is -4.39. The number of nitrogens with zero attached hydrogens (tertiary/aromatic N) is 3. The highest BCUT2D eigenvalue weighted by Gasteiger charge is 2.24. The maximum atomic E-state index is 13.2. The van der Waals surface area contributed by atoms with Crippen molar-refractivity contribution in [2.24, 2.45) is 0 Å². The molecule has 4 aromatic rings. The summed E-state index contributed by atoms with van der Waals surface area (Å²) in [6.45, 7) is 2.65. The summed E-state index contributed by atoms with van der Waals surface area (Å²) in [7, 11) is 1.61. The van der Waals surface area contributed by atoms with Gasteiger partial charge in [0.2, 0.25) is 5.91 Å². The Labute approximate surface area is 216 Å². The van der Waals surface area contributed by atoms with Gasteiger partial charge in [-0.1, -0.05) is 42.5 Å². The Bertz CT molecular complexity index is 1380. The maximum absolute atomic E-state index is 13.2. The average Bonchev–Trinajstić information content (AvgIpc) is 2.96. The van der Waals surface area contributed by atoms with E-state index < -0.39 is 0 Å². The number of rotatable bonds is 7. The van der Waals surface area contributed by atoms with E-state index in [1.165, 1.54) is 0 Å². The van der Waals surface area contributed by atoms with Gasteiger partial charge < -0.3 is 19.9 Å².